The van der Waals surface area contributed by atoms with E-state index in [0.29, 0.717) is 0 Å². The third-order valence-electron chi connectivity index (χ3n) is 2.56. The van der Waals surface area contributed by atoms with Crippen molar-refractivity contribution in [1.29, 1.82) is 5.26 Å². The van der Waals surface area contributed by atoms with E-state index < -0.39 is 0 Å². The van der Waals surface area contributed by atoms with E-state index >= 15 is 0 Å². The molecule has 0 heterocycles. The van der Waals surface area contributed by atoms with Crippen LogP contribution in [0.5, 0.6) is 0 Å². The van der Waals surface area contributed by atoms with Gasteiger partial charge in [0.2, 0.25) is 0 Å². The lowest BCUT2D eigenvalue weighted by atomic mass is 10.0. The Morgan fingerprint density at radius 1 is 1.07 bits per heavy atom. The first-order chi connectivity index (χ1) is 6.85. The molecule has 14 heavy (non-hydrogen) atoms. The highest BCUT2D eigenvalue weighted by Gasteiger charge is 2.03. The summed E-state index contributed by atoms with van der Waals surface area (Å²) >= 11 is 0. The molecule has 0 spiro atoms. The molecule has 1 atom stereocenters. The highest BCUT2D eigenvalue weighted by atomic mass is 16.3. The number of rotatable bonds is 9. The van der Waals surface area contributed by atoms with Gasteiger partial charge in [0.15, 0.2) is 0 Å². The van der Waals surface area contributed by atoms with E-state index in [1.165, 1.54) is 38.5 Å². The first-order valence-corrected chi connectivity index (χ1v) is 5.85. The summed E-state index contributed by atoms with van der Waals surface area (Å²) in [4.78, 5) is 0. The predicted octanol–water partition coefficient (Wildman–Crippen LogP) is 3.26. The minimum Gasteiger partial charge on any atom is -0.395 e. The molecule has 0 aliphatic carbocycles. The molecule has 0 aromatic heterocycles. The fourth-order valence-electron chi connectivity index (χ4n) is 1.54. The second kappa shape index (κ2) is 10.5. The topological polar surface area (TPSA) is 44.0 Å². The normalized spacial score (nSPS) is 12.4. The zero-order chi connectivity index (χ0) is 10.6. The van der Waals surface area contributed by atoms with Gasteiger partial charge in [0.1, 0.15) is 0 Å². The number of hydrogen-bond acceptors (Lipinski definition) is 2. The van der Waals surface area contributed by atoms with E-state index in [9.17, 15) is 0 Å². The van der Waals surface area contributed by atoms with Gasteiger partial charge in [0, 0.05) is 0 Å². The first kappa shape index (κ1) is 13.4. The van der Waals surface area contributed by atoms with E-state index in [-0.39, 0.29) is 12.5 Å². The lowest BCUT2D eigenvalue weighted by Crippen LogP contribution is -2.02. The lowest BCUT2D eigenvalue weighted by molar-refractivity contribution is 0.247. The fourth-order valence-corrected chi connectivity index (χ4v) is 1.54. The molecule has 0 bridgehead atoms. The van der Waals surface area contributed by atoms with Crippen LogP contribution in [-0.2, 0) is 0 Å². The first-order valence-electron chi connectivity index (χ1n) is 5.85. The third-order valence-corrected chi connectivity index (χ3v) is 2.56. The van der Waals surface area contributed by atoms with Crippen molar-refractivity contribution in [2.24, 2.45) is 5.92 Å². The van der Waals surface area contributed by atoms with Gasteiger partial charge in [0.05, 0.1) is 18.6 Å². The minimum absolute atomic E-state index is 0.0202. The van der Waals surface area contributed by atoms with Gasteiger partial charge >= 0.3 is 0 Å². The molecule has 0 saturated carbocycles. The molecule has 2 heteroatoms. The minimum atomic E-state index is -0.134. The van der Waals surface area contributed by atoms with E-state index in [1.54, 1.807) is 0 Å². The maximum atomic E-state index is 8.78. The Bertz CT molecular complexity index is 151. The van der Waals surface area contributed by atoms with Crippen molar-refractivity contribution in [2.45, 2.75) is 58.3 Å². The van der Waals surface area contributed by atoms with Gasteiger partial charge in [-0.15, -0.1) is 0 Å². The second-order valence-corrected chi connectivity index (χ2v) is 3.92. The molecule has 0 aromatic carbocycles. The van der Waals surface area contributed by atoms with E-state index in [0.717, 1.165) is 12.8 Å². The molecule has 0 radical (unpaired) electrons. The van der Waals surface area contributed by atoms with Gasteiger partial charge in [-0.2, -0.15) is 5.26 Å². The Morgan fingerprint density at radius 2 is 1.64 bits per heavy atom. The molecule has 0 aliphatic heterocycles. The van der Waals surface area contributed by atoms with Gasteiger partial charge in [0.25, 0.3) is 0 Å². The average Bonchev–Trinajstić information content (AvgIpc) is 2.22. The van der Waals surface area contributed by atoms with Crippen molar-refractivity contribution < 1.29 is 5.11 Å². The monoisotopic (exact) mass is 197 g/mol. The molecule has 82 valence electrons. The second-order valence-electron chi connectivity index (χ2n) is 3.92. The van der Waals surface area contributed by atoms with Crippen molar-refractivity contribution in [1.82, 2.24) is 0 Å². The SMILES string of the molecule is CCCCCCCCCC(C#N)CO. The van der Waals surface area contributed by atoms with E-state index in [2.05, 4.69) is 13.0 Å². The van der Waals surface area contributed by atoms with Crippen LogP contribution in [0, 0.1) is 17.2 Å². The number of aliphatic hydroxyl groups excluding tert-OH is 1. The molecule has 1 N–H and O–H groups in total. The molecule has 0 rings (SSSR count). The number of hydrogen-bond donors (Lipinski definition) is 1. The highest BCUT2D eigenvalue weighted by molar-refractivity contribution is 4.81. The van der Waals surface area contributed by atoms with Crippen LogP contribution >= 0.6 is 0 Å². The van der Waals surface area contributed by atoms with Crippen LogP contribution in [0.3, 0.4) is 0 Å². The summed E-state index contributed by atoms with van der Waals surface area (Å²) in [6.45, 7) is 2.24. The standard InChI is InChI=1S/C12H23NO/c1-2-3-4-5-6-7-8-9-12(10-13)11-14/h12,14H,2-9,11H2,1H3. The predicted molar refractivity (Wildman–Crippen MR) is 58.8 cm³/mol. The summed E-state index contributed by atoms with van der Waals surface area (Å²) in [5.41, 5.74) is 0. The summed E-state index contributed by atoms with van der Waals surface area (Å²) in [5.74, 6) is -0.134. The van der Waals surface area contributed by atoms with Crippen LogP contribution in [0.15, 0.2) is 0 Å². The molecular formula is C12H23NO. The highest BCUT2D eigenvalue weighted by Crippen LogP contribution is 2.11. The Labute approximate surface area is 87.9 Å². The van der Waals surface area contributed by atoms with Crippen molar-refractivity contribution in [3.63, 3.8) is 0 Å². The van der Waals surface area contributed by atoms with Crippen LogP contribution in [0.1, 0.15) is 58.3 Å². The maximum Gasteiger partial charge on any atom is 0.0694 e. The number of aliphatic hydroxyl groups is 1. The zero-order valence-electron chi connectivity index (χ0n) is 9.34. The largest absolute Gasteiger partial charge is 0.395 e. The van der Waals surface area contributed by atoms with Gasteiger partial charge in [-0.25, -0.2) is 0 Å². The summed E-state index contributed by atoms with van der Waals surface area (Å²) in [6.07, 6.45) is 9.75. The molecule has 0 aliphatic rings. The third kappa shape index (κ3) is 8.07. The van der Waals surface area contributed by atoms with Crippen LogP contribution < -0.4 is 0 Å². The Kier molecular flexibility index (Phi) is 10.1. The Hall–Kier alpha value is -0.550. The molecule has 0 saturated heterocycles. The van der Waals surface area contributed by atoms with Crippen molar-refractivity contribution >= 4 is 0 Å². The van der Waals surface area contributed by atoms with Crippen LogP contribution in [-0.4, -0.2) is 11.7 Å². The Balaban J connectivity index is 3.09. The zero-order valence-corrected chi connectivity index (χ0v) is 9.34. The lowest BCUT2D eigenvalue weighted by Gasteiger charge is -2.04. The van der Waals surface area contributed by atoms with Crippen molar-refractivity contribution in [3.8, 4) is 6.07 Å². The number of nitrogens with zero attached hydrogens (tertiary/aromatic N) is 1. The fraction of sp³-hybridized carbons (Fsp3) is 0.917. The average molecular weight is 197 g/mol. The van der Waals surface area contributed by atoms with Crippen LogP contribution in [0.25, 0.3) is 0 Å². The smallest absolute Gasteiger partial charge is 0.0694 e. The van der Waals surface area contributed by atoms with Crippen LogP contribution in [0.4, 0.5) is 0 Å². The van der Waals surface area contributed by atoms with Gasteiger partial charge in [-0.3, -0.25) is 0 Å². The van der Waals surface area contributed by atoms with Gasteiger partial charge in [-0.05, 0) is 6.42 Å². The molecule has 0 aromatic rings. The summed E-state index contributed by atoms with van der Waals surface area (Å²) in [5, 5.41) is 17.4. The van der Waals surface area contributed by atoms with Crippen molar-refractivity contribution in [2.75, 3.05) is 6.61 Å². The van der Waals surface area contributed by atoms with Crippen LogP contribution in [0.2, 0.25) is 0 Å². The summed E-state index contributed by atoms with van der Waals surface area (Å²) in [7, 11) is 0. The molecular weight excluding hydrogens is 174 g/mol. The molecule has 0 fully saturated rings. The molecule has 2 nitrogen and oxygen atoms in total. The van der Waals surface area contributed by atoms with Gasteiger partial charge < -0.3 is 5.11 Å². The number of unbranched alkanes of at least 4 members (excludes halogenated alkanes) is 6. The number of nitriles is 1. The summed E-state index contributed by atoms with van der Waals surface area (Å²) < 4.78 is 0. The summed E-state index contributed by atoms with van der Waals surface area (Å²) in [6, 6.07) is 2.11. The molecule has 0 amide bonds. The maximum absolute atomic E-state index is 8.78. The van der Waals surface area contributed by atoms with Gasteiger partial charge in [-0.1, -0.05) is 51.9 Å². The van der Waals surface area contributed by atoms with Crippen molar-refractivity contribution in [3.05, 3.63) is 0 Å². The Morgan fingerprint density at radius 3 is 2.14 bits per heavy atom. The molecule has 1 unspecified atom stereocenters. The quantitative estimate of drug-likeness (QED) is 0.576. The van der Waals surface area contributed by atoms with E-state index in [1.807, 2.05) is 0 Å². The van der Waals surface area contributed by atoms with E-state index in [4.69, 9.17) is 10.4 Å².